The second-order valence-electron chi connectivity index (χ2n) is 6.80. The van der Waals surface area contributed by atoms with Gasteiger partial charge in [-0.2, -0.15) is 0 Å². The minimum atomic E-state index is -0.305. The molecule has 0 saturated heterocycles. The van der Waals surface area contributed by atoms with Crippen LogP contribution in [0.25, 0.3) is 10.8 Å². The Kier molecular flexibility index (Phi) is 6.85. The lowest BCUT2D eigenvalue weighted by molar-refractivity contribution is 0.0505. The molecular formula is C24H25NO4. The van der Waals surface area contributed by atoms with E-state index in [-0.39, 0.29) is 11.9 Å². The lowest BCUT2D eigenvalue weighted by Gasteiger charge is -2.17. The summed E-state index contributed by atoms with van der Waals surface area (Å²) in [6.07, 6.45) is 0.798. The SMILES string of the molecule is CCCOC(=O)c1ccc2cc(OCCN(C)C(=O)c3ccccc3)ccc2c1. The van der Waals surface area contributed by atoms with E-state index >= 15 is 0 Å². The van der Waals surface area contributed by atoms with Gasteiger partial charge in [-0.15, -0.1) is 0 Å². The number of hydrogen-bond donors (Lipinski definition) is 0. The van der Waals surface area contributed by atoms with E-state index in [9.17, 15) is 9.59 Å². The first-order valence-electron chi connectivity index (χ1n) is 9.72. The molecule has 0 aromatic heterocycles. The van der Waals surface area contributed by atoms with Crippen LogP contribution in [0.1, 0.15) is 34.1 Å². The normalized spacial score (nSPS) is 10.6. The number of fused-ring (bicyclic) bond motifs is 1. The van der Waals surface area contributed by atoms with Crippen LogP contribution in [0.5, 0.6) is 5.75 Å². The van der Waals surface area contributed by atoms with Gasteiger partial charge in [0.25, 0.3) is 5.91 Å². The van der Waals surface area contributed by atoms with Gasteiger partial charge in [0.1, 0.15) is 12.4 Å². The number of amides is 1. The highest BCUT2D eigenvalue weighted by Gasteiger charge is 2.11. The first kappa shape index (κ1) is 20.4. The summed E-state index contributed by atoms with van der Waals surface area (Å²) < 4.78 is 11.0. The van der Waals surface area contributed by atoms with Gasteiger partial charge in [-0.05, 0) is 53.6 Å². The molecule has 0 aliphatic rings. The predicted octanol–water partition coefficient (Wildman–Crippen LogP) is 4.56. The van der Waals surface area contributed by atoms with E-state index in [0.29, 0.717) is 30.9 Å². The zero-order chi connectivity index (χ0) is 20.6. The van der Waals surface area contributed by atoms with Crippen LogP contribution < -0.4 is 4.74 Å². The topological polar surface area (TPSA) is 55.8 Å². The van der Waals surface area contributed by atoms with Crippen LogP contribution in [-0.2, 0) is 4.74 Å². The minimum Gasteiger partial charge on any atom is -0.492 e. The molecule has 0 unspecified atom stereocenters. The first-order valence-corrected chi connectivity index (χ1v) is 9.72. The molecule has 150 valence electrons. The van der Waals surface area contributed by atoms with Crippen molar-refractivity contribution >= 4 is 22.6 Å². The van der Waals surface area contributed by atoms with Gasteiger partial charge in [0, 0.05) is 12.6 Å². The third-order valence-corrected chi connectivity index (χ3v) is 4.55. The van der Waals surface area contributed by atoms with Gasteiger partial charge in [-0.25, -0.2) is 4.79 Å². The fourth-order valence-electron chi connectivity index (χ4n) is 2.92. The summed E-state index contributed by atoms with van der Waals surface area (Å²) >= 11 is 0. The first-order chi connectivity index (χ1) is 14.1. The van der Waals surface area contributed by atoms with E-state index in [2.05, 4.69) is 0 Å². The molecule has 0 fully saturated rings. The lowest BCUT2D eigenvalue weighted by Crippen LogP contribution is -2.30. The summed E-state index contributed by atoms with van der Waals surface area (Å²) in [5.74, 6) is 0.384. The van der Waals surface area contributed by atoms with Crippen LogP contribution in [0, 0.1) is 0 Å². The molecule has 3 rings (SSSR count). The molecule has 1 amide bonds. The van der Waals surface area contributed by atoms with Crippen LogP contribution in [0.4, 0.5) is 0 Å². The second-order valence-corrected chi connectivity index (χ2v) is 6.80. The number of rotatable bonds is 8. The maximum Gasteiger partial charge on any atom is 0.338 e. The molecular weight excluding hydrogens is 366 g/mol. The Morgan fingerprint density at radius 3 is 2.34 bits per heavy atom. The van der Waals surface area contributed by atoms with Crippen molar-refractivity contribution in [1.29, 1.82) is 0 Å². The van der Waals surface area contributed by atoms with E-state index in [0.717, 1.165) is 22.9 Å². The molecule has 0 aliphatic heterocycles. The third-order valence-electron chi connectivity index (χ3n) is 4.55. The fourth-order valence-corrected chi connectivity index (χ4v) is 2.92. The maximum absolute atomic E-state index is 12.3. The van der Waals surface area contributed by atoms with Crippen molar-refractivity contribution in [3.63, 3.8) is 0 Å². The van der Waals surface area contributed by atoms with Crippen LogP contribution >= 0.6 is 0 Å². The average Bonchev–Trinajstić information content (AvgIpc) is 2.77. The summed E-state index contributed by atoms with van der Waals surface area (Å²) in [6.45, 7) is 3.26. The molecule has 5 heteroatoms. The summed E-state index contributed by atoms with van der Waals surface area (Å²) in [6, 6.07) is 20.4. The number of hydrogen-bond acceptors (Lipinski definition) is 4. The van der Waals surface area contributed by atoms with Gasteiger partial charge in [0.05, 0.1) is 18.7 Å². The number of likely N-dealkylation sites (N-methyl/N-ethyl adjacent to an activating group) is 1. The van der Waals surface area contributed by atoms with Crippen molar-refractivity contribution in [2.75, 3.05) is 26.8 Å². The lowest BCUT2D eigenvalue weighted by atomic mass is 10.1. The van der Waals surface area contributed by atoms with Crippen LogP contribution in [-0.4, -0.2) is 43.6 Å². The van der Waals surface area contributed by atoms with Gasteiger partial charge in [0.15, 0.2) is 0 Å². The minimum absolute atomic E-state index is 0.0322. The molecule has 0 spiro atoms. The zero-order valence-corrected chi connectivity index (χ0v) is 16.8. The third kappa shape index (κ3) is 5.35. The number of nitrogens with zero attached hydrogens (tertiary/aromatic N) is 1. The van der Waals surface area contributed by atoms with E-state index in [4.69, 9.17) is 9.47 Å². The number of carbonyl (C=O) groups excluding carboxylic acids is 2. The predicted molar refractivity (Wildman–Crippen MR) is 113 cm³/mol. The van der Waals surface area contributed by atoms with Gasteiger partial charge >= 0.3 is 5.97 Å². The quantitative estimate of drug-likeness (QED) is 0.528. The van der Waals surface area contributed by atoms with Crippen molar-refractivity contribution in [3.8, 4) is 5.75 Å². The van der Waals surface area contributed by atoms with Crippen LogP contribution in [0.15, 0.2) is 66.7 Å². The van der Waals surface area contributed by atoms with Crippen LogP contribution in [0.2, 0.25) is 0 Å². The summed E-state index contributed by atoms with van der Waals surface area (Å²) in [7, 11) is 1.76. The Labute approximate surface area is 170 Å². The monoisotopic (exact) mass is 391 g/mol. The van der Waals surface area contributed by atoms with Gasteiger partial charge in [0.2, 0.25) is 0 Å². The van der Waals surface area contributed by atoms with Crippen molar-refractivity contribution in [2.24, 2.45) is 0 Å². The van der Waals surface area contributed by atoms with Crippen LogP contribution in [0.3, 0.4) is 0 Å². The molecule has 0 radical (unpaired) electrons. The Hall–Kier alpha value is -3.34. The average molecular weight is 391 g/mol. The Bertz CT molecular complexity index is 985. The summed E-state index contributed by atoms with van der Waals surface area (Å²) in [5.41, 5.74) is 1.20. The summed E-state index contributed by atoms with van der Waals surface area (Å²) in [5, 5.41) is 1.92. The largest absolute Gasteiger partial charge is 0.492 e. The van der Waals surface area contributed by atoms with E-state index in [1.807, 2.05) is 55.5 Å². The molecule has 5 nitrogen and oxygen atoms in total. The standard InChI is InChI=1S/C24H25NO4/c1-3-14-29-24(27)21-10-9-20-17-22(12-11-19(20)16-21)28-15-13-25(2)23(26)18-7-5-4-6-8-18/h4-12,16-17H,3,13-15H2,1-2H3. The molecule has 3 aromatic rings. The molecule has 0 N–H and O–H groups in total. The van der Waals surface area contributed by atoms with Gasteiger partial charge in [-0.1, -0.05) is 37.3 Å². The van der Waals surface area contributed by atoms with Gasteiger partial charge < -0.3 is 14.4 Å². The molecule has 0 atom stereocenters. The van der Waals surface area contributed by atoms with E-state index in [1.165, 1.54) is 0 Å². The second kappa shape index (κ2) is 9.73. The Morgan fingerprint density at radius 2 is 1.59 bits per heavy atom. The van der Waals surface area contributed by atoms with Crippen molar-refractivity contribution in [1.82, 2.24) is 4.90 Å². The fraction of sp³-hybridized carbons (Fsp3) is 0.250. The maximum atomic E-state index is 12.3. The molecule has 0 bridgehead atoms. The van der Waals surface area contributed by atoms with Crippen molar-refractivity contribution in [3.05, 3.63) is 77.9 Å². The van der Waals surface area contributed by atoms with E-state index in [1.54, 1.807) is 30.1 Å². The smallest absolute Gasteiger partial charge is 0.338 e. The number of esters is 1. The highest BCUT2D eigenvalue weighted by Crippen LogP contribution is 2.22. The highest BCUT2D eigenvalue weighted by molar-refractivity contribution is 5.96. The molecule has 0 saturated carbocycles. The van der Waals surface area contributed by atoms with Crippen molar-refractivity contribution in [2.45, 2.75) is 13.3 Å². The number of ether oxygens (including phenoxy) is 2. The Morgan fingerprint density at radius 1 is 0.862 bits per heavy atom. The van der Waals surface area contributed by atoms with Crippen molar-refractivity contribution < 1.29 is 19.1 Å². The molecule has 29 heavy (non-hydrogen) atoms. The highest BCUT2D eigenvalue weighted by atomic mass is 16.5. The number of carbonyl (C=O) groups is 2. The molecule has 3 aromatic carbocycles. The summed E-state index contributed by atoms with van der Waals surface area (Å²) in [4.78, 5) is 26.0. The zero-order valence-electron chi connectivity index (χ0n) is 16.8. The molecule has 0 aliphatic carbocycles. The number of benzene rings is 3. The molecule has 0 heterocycles. The Balaban J connectivity index is 1.58. The van der Waals surface area contributed by atoms with Gasteiger partial charge in [-0.3, -0.25) is 4.79 Å². The van der Waals surface area contributed by atoms with E-state index < -0.39 is 0 Å².